The summed E-state index contributed by atoms with van der Waals surface area (Å²) in [6.45, 7) is 3.53. The number of hydrogen-bond acceptors (Lipinski definition) is 6. The van der Waals surface area contributed by atoms with Gasteiger partial charge in [-0.15, -0.1) is 0 Å². The van der Waals surface area contributed by atoms with Gasteiger partial charge in [0.2, 0.25) is 5.91 Å². The summed E-state index contributed by atoms with van der Waals surface area (Å²) in [5.74, 6) is 0.394. The average Bonchev–Trinajstić information content (AvgIpc) is 3.00. The summed E-state index contributed by atoms with van der Waals surface area (Å²) in [4.78, 5) is 18.2. The summed E-state index contributed by atoms with van der Waals surface area (Å²) in [5.41, 5.74) is 0.767. The topological polar surface area (TPSA) is 80.5 Å². The van der Waals surface area contributed by atoms with E-state index in [4.69, 9.17) is 9.26 Å². The highest BCUT2D eigenvalue weighted by atomic mass is 19.1. The molecule has 24 heavy (non-hydrogen) atoms. The van der Waals surface area contributed by atoms with Gasteiger partial charge in [-0.1, -0.05) is 17.3 Å². The molecule has 1 aliphatic rings. The maximum absolute atomic E-state index is 13.5. The Morgan fingerprint density at radius 3 is 3.17 bits per heavy atom. The Hall–Kier alpha value is -2.32. The fourth-order valence-corrected chi connectivity index (χ4v) is 2.72. The normalized spacial score (nSPS) is 17.9. The molecule has 0 saturated carbocycles. The Morgan fingerprint density at radius 1 is 1.54 bits per heavy atom. The Bertz CT molecular complexity index is 706. The van der Waals surface area contributed by atoms with E-state index in [1.165, 1.54) is 12.1 Å². The van der Waals surface area contributed by atoms with Crippen molar-refractivity contribution < 1.29 is 18.4 Å². The Labute approximate surface area is 138 Å². The molecule has 0 bridgehead atoms. The molecule has 1 N–H and O–H groups in total. The van der Waals surface area contributed by atoms with E-state index in [1.54, 1.807) is 17.9 Å². The lowest BCUT2D eigenvalue weighted by Crippen LogP contribution is -2.49. The lowest BCUT2D eigenvalue weighted by molar-refractivity contribution is -0.140. The number of carbonyl (C=O) groups excluding carboxylic acids is 1. The van der Waals surface area contributed by atoms with Crippen LogP contribution in [0.3, 0.4) is 0 Å². The summed E-state index contributed by atoms with van der Waals surface area (Å²) < 4.78 is 23.8. The monoisotopic (exact) mass is 334 g/mol. The number of nitrogens with zero attached hydrogens (tertiary/aromatic N) is 3. The van der Waals surface area contributed by atoms with Crippen LogP contribution in [-0.2, 0) is 16.1 Å². The Kier molecular flexibility index (Phi) is 5.17. The Morgan fingerprint density at radius 2 is 2.42 bits per heavy atom. The summed E-state index contributed by atoms with van der Waals surface area (Å²) >= 11 is 0. The molecule has 1 aromatic heterocycles. The number of halogens is 1. The summed E-state index contributed by atoms with van der Waals surface area (Å²) in [7, 11) is 0. The van der Waals surface area contributed by atoms with Gasteiger partial charge in [0.1, 0.15) is 19.0 Å². The van der Waals surface area contributed by atoms with E-state index < -0.39 is 0 Å². The molecule has 1 aromatic carbocycles. The zero-order valence-corrected chi connectivity index (χ0v) is 13.4. The van der Waals surface area contributed by atoms with Crippen molar-refractivity contribution in [2.24, 2.45) is 0 Å². The number of benzene rings is 1. The van der Waals surface area contributed by atoms with E-state index in [-0.39, 0.29) is 31.0 Å². The van der Waals surface area contributed by atoms with E-state index in [2.05, 4.69) is 15.5 Å². The molecule has 1 fully saturated rings. The van der Waals surface area contributed by atoms with Gasteiger partial charge in [0, 0.05) is 19.6 Å². The van der Waals surface area contributed by atoms with Crippen LogP contribution in [0.15, 0.2) is 28.8 Å². The van der Waals surface area contributed by atoms with Crippen molar-refractivity contribution in [2.45, 2.75) is 19.6 Å². The van der Waals surface area contributed by atoms with Crippen LogP contribution in [0.4, 0.5) is 4.39 Å². The van der Waals surface area contributed by atoms with Crippen LogP contribution in [0.25, 0.3) is 0 Å². The van der Waals surface area contributed by atoms with E-state index in [1.807, 2.05) is 6.07 Å². The van der Waals surface area contributed by atoms with Crippen LogP contribution in [0.1, 0.15) is 23.3 Å². The molecule has 1 saturated heterocycles. The second kappa shape index (κ2) is 7.50. The third-order valence-electron chi connectivity index (χ3n) is 3.82. The second-order valence-electron chi connectivity index (χ2n) is 5.59. The molecule has 1 unspecified atom stereocenters. The van der Waals surface area contributed by atoms with Crippen molar-refractivity contribution >= 4 is 5.91 Å². The molecule has 8 heteroatoms. The molecule has 128 valence electrons. The van der Waals surface area contributed by atoms with Gasteiger partial charge in [-0.05, 0) is 24.6 Å². The molecule has 1 atom stereocenters. The van der Waals surface area contributed by atoms with Gasteiger partial charge in [-0.3, -0.25) is 4.79 Å². The highest BCUT2D eigenvalue weighted by Crippen LogP contribution is 2.23. The first-order valence-corrected chi connectivity index (χ1v) is 7.76. The molecule has 0 radical (unpaired) electrons. The Balaban J connectivity index is 1.61. The molecular formula is C16H19FN4O3. The number of ether oxygens (including phenoxy) is 1. The zero-order chi connectivity index (χ0) is 16.9. The minimum Gasteiger partial charge on any atom is -0.362 e. The lowest BCUT2D eigenvalue weighted by Gasteiger charge is -2.36. The first-order chi connectivity index (χ1) is 11.6. The number of amides is 1. The van der Waals surface area contributed by atoms with Crippen molar-refractivity contribution in [1.82, 2.24) is 20.4 Å². The molecule has 1 aliphatic heterocycles. The van der Waals surface area contributed by atoms with Crippen LogP contribution in [-0.4, -0.2) is 47.2 Å². The highest BCUT2D eigenvalue weighted by Gasteiger charge is 2.28. The molecule has 3 rings (SSSR count). The molecular weight excluding hydrogens is 315 g/mol. The molecule has 7 nitrogen and oxygen atoms in total. The smallest absolute Gasteiger partial charge is 0.252 e. The molecule has 0 spiro atoms. The molecule has 1 amide bonds. The van der Waals surface area contributed by atoms with Crippen LogP contribution in [0.2, 0.25) is 0 Å². The van der Waals surface area contributed by atoms with Crippen LogP contribution >= 0.6 is 0 Å². The third-order valence-corrected chi connectivity index (χ3v) is 3.82. The van der Waals surface area contributed by atoms with Crippen LogP contribution in [0.5, 0.6) is 0 Å². The number of piperazine rings is 1. The summed E-state index contributed by atoms with van der Waals surface area (Å²) in [6, 6.07) is 6.11. The highest BCUT2D eigenvalue weighted by molar-refractivity contribution is 5.78. The number of hydrogen-bond donors (Lipinski definition) is 1. The SMILES string of the molecule is Cc1noc(COCC(=O)N2CCNCC2c2cccc(F)c2)n1. The third kappa shape index (κ3) is 3.95. The van der Waals surface area contributed by atoms with Crippen molar-refractivity contribution in [1.29, 1.82) is 0 Å². The maximum atomic E-state index is 13.5. The lowest BCUT2D eigenvalue weighted by atomic mass is 10.0. The van der Waals surface area contributed by atoms with Crippen molar-refractivity contribution in [3.8, 4) is 0 Å². The van der Waals surface area contributed by atoms with Crippen molar-refractivity contribution in [2.75, 3.05) is 26.2 Å². The minimum absolute atomic E-state index is 0.0866. The van der Waals surface area contributed by atoms with E-state index in [9.17, 15) is 9.18 Å². The van der Waals surface area contributed by atoms with E-state index >= 15 is 0 Å². The predicted molar refractivity (Wildman–Crippen MR) is 82.4 cm³/mol. The van der Waals surface area contributed by atoms with Gasteiger partial charge >= 0.3 is 0 Å². The maximum Gasteiger partial charge on any atom is 0.252 e. The van der Waals surface area contributed by atoms with Gasteiger partial charge < -0.3 is 19.5 Å². The standard InChI is InChI=1S/C16H19FN4O3/c1-11-19-15(24-20-11)9-23-10-16(22)21-6-5-18-8-14(21)12-3-2-4-13(17)7-12/h2-4,7,14,18H,5-6,8-10H2,1H3. The number of nitrogens with one attached hydrogen (secondary N) is 1. The number of aryl methyl sites for hydroxylation is 1. The average molecular weight is 334 g/mol. The minimum atomic E-state index is -0.312. The van der Waals surface area contributed by atoms with Crippen molar-refractivity contribution in [3.63, 3.8) is 0 Å². The number of rotatable bonds is 5. The number of carbonyl (C=O) groups is 1. The van der Waals surface area contributed by atoms with Crippen LogP contribution in [0, 0.1) is 12.7 Å². The predicted octanol–water partition coefficient (Wildman–Crippen LogP) is 1.21. The van der Waals surface area contributed by atoms with E-state index in [0.29, 0.717) is 31.3 Å². The quantitative estimate of drug-likeness (QED) is 0.885. The first kappa shape index (κ1) is 16.5. The second-order valence-corrected chi connectivity index (χ2v) is 5.59. The first-order valence-electron chi connectivity index (χ1n) is 7.76. The van der Waals surface area contributed by atoms with Gasteiger partial charge in [0.25, 0.3) is 5.89 Å². The number of aromatic nitrogens is 2. The zero-order valence-electron chi connectivity index (χ0n) is 13.4. The van der Waals surface area contributed by atoms with Gasteiger partial charge in [-0.2, -0.15) is 4.98 Å². The summed E-state index contributed by atoms with van der Waals surface area (Å²) in [5, 5.41) is 6.89. The molecule has 0 aliphatic carbocycles. The summed E-state index contributed by atoms with van der Waals surface area (Å²) in [6.07, 6.45) is 0. The van der Waals surface area contributed by atoms with Gasteiger partial charge in [0.15, 0.2) is 5.82 Å². The molecule has 2 aromatic rings. The fourth-order valence-electron chi connectivity index (χ4n) is 2.72. The largest absolute Gasteiger partial charge is 0.362 e. The molecule has 2 heterocycles. The fraction of sp³-hybridized carbons (Fsp3) is 0.438. The van der Waals surface area contributed by atoms with E-state index in [0.717, 1.165) is 5.56 Å². The van der Waals surface area contributed by atoms with Gasteiger partial charge in [0.05, 0.1) is 6.04 Å². The van der Waals surface area contributed by atoms with Gasteiger partial charge in [-0.25, -0.2) is 4.39 Å². The van der Waals surface area contributed by atoms with Crippen LogP contribution < -0.4 is 5.32 Å². The van der Waals surface area contributed by atoms with Crippen molar-refractivity contribution in [3.05, 3.63) is 47.4 Å².